The monoisotopic (exact) mass is 937 g/mol. The van der Waals surface area contributed by atoms with Crippen LogP contribution in [0.25, 0.3) is 0 Å². The van der Waals surface area contributed by atoms with Crippen LogP contribution in [0, 0.1) is 5.92 Å². The van der Waals surface area contributed by atoms with Gasteiger partial charge in [-0.25, -0.2) is 4.79 Å². The standard InChI is InChI=1S/C51H76N4O12/c1-46(2,3)64-42(58)30-55(31-43(59)65-47(4,5)6)50(25-26-52-45(61)67-49(10,11)12)34-53-27-28-54(35-50)51(36-53,29-41(57)63-33-38-21-17-14-18-22-38)39(44(60)66-48(7,8)9)23-24-40(56)62-32-37-19-15-13-16-20-37/h13-22,39H,23-36H2,1-12H3,(H,52,61)/t39-,50?,51?/m1/s1. The van der Waals surface area contributed by atoms with Crippen LogP contribution in [0.5, 0.6) is 0 Å². The number of esters is 5. The van der Waals surface area contributed by atoms with E-state index < -0.39 is 75.3 Å². The number of nitrogens with one attached hydrogen (secondary N) is 1. The van der Waals surface area contributed by atoms with Crippen LogP contribution >= 0.6 is 0 Å². The molecular weight excluding hydrogens is 861 g/mol. The van der Waals surface area contributed by atoms with Crippen LogP contribution in [0.4, 0.5) is 4.79 Å². The molecule has 0 aromatic heterocycles. The summed E-state index contributed by atoms with van der Waals surface area (Å²) in [4.78, 5) is 89.7. The zero-order valence-electron chi connectivity index (χ0n) is 42.0. The van der Waals surface area contributed by atoms with Crippen molar-refractivity contribution in [2.24, 2.45) is 5.92 Å². The molecule has 3 aliphatic rings. The molecule has 0 saturated carbocycles. The third-order valence-corrected chi connectivity index (χ3v) is 11.1. The Kier molecular flexibility index (Phi) is 18.6. The van der Waals surface area contributed by atoms with Gasteiger partial charge in [-0.2, -0.15) is 0 Å². The minimum absolute atomic E-state index is 0.0117. The van der Waals surface area contributed by atoms with Gasteiger partial charge in [-0.05, 0) is 107 Å². The van der Waals surface area contributed by atoms with E-state index in [1.807, 2.05) is 60.7 Å². The maximum atomic E-state index is 14.9. The molecule has 0 aliphatic carbocycles. The fraction of sp³-hybridized carbons (Fsp3) is 0.647. The molecule has 1 amide bonds. The summed E-state index contributed by atoms with van der Waals surface area (Å²) in [5, 5.41) is 2.87. The molecule has 2 bridgehead atoms. The van der Waals surface area contributed by atoms with Gasteiger partial charge in [-0.15, -0.1) is 0 Å². The molecule has 3 fully saturated rings. The minimum Gasteiger partial charge on any atom is -0.461 e. The Morgan fingerprint density at radius 1 is 0.612 bits per heavy atom. The summed E-state index contributed by atoms with van der Waals surface area (Å²) in [7, 11) is 0. The number of rotatable bonds is 19. The first kappa shape index (κ1) is 54.5. The highest BCUT2D eigenvalue weighted by atomic mass is 16.6. The van der Waals surface area contributed by atoms with Gasteiger partial charge >= 0.3 is 35.9 Å². The summed E-state index contributed by atoms with van der Waals surface area (Å²) >= 11 is 0. The van der Waals surface area contributed by atoms with E-state index in [1.165, 1.54) is 0 Å². The smallest absolute Gasteiger partial charge is 0.407 e. The van der Waals surface area contributed by atoms with Crippen molar-refractivity contribution in [3.63, 3.8) is 0 Å². The number of carbonyl (C=O) groups excluding carboxylic acids is 6. The fourth-order valence-electron chi connectivity index (χ4n) is 8.63. The Bertz CT molecular complexity index is 1960. The first-order chi connectivity index (χ1) is 31.1. The highest BCUT2D eigenvalue weighted by Crippen LogP contribution is 2.43. The Balaban J connectivity index is 1.87. The third-order valence-electron chi connectivity index (χ3n) is 11.1. The normalized spacial score (nSPS) is 21.3. The Labute approximate surface area is 397 Å². The zero-order valence-corrected chi connectivity index (χ0v) is 42.0. The van der Waals surface area contributed by atoms with Gasteiger partial charge in [0.05, 0.1) is 31.0 Å². The predicted molar refractivity (Wildman–Crippen MR) is 251 cm³/mol. The van der Waals surface area contributed by atoms with Crippen LogP contribution in [-0.4, -0.2) is 136 Å². The van der Waals surface area contributed by atoms with Crippen molar-refractivity contribution in [2.75, 3.05) is 52.4 Å². The number of nitrogens with zero attached hydrogens (tertiary/aromatic N) is 3. The van der Waals surface area contributed by atoms with E-state index in [-0.39, 0.29) is 78.2 Å². The third kappa shape index (κ3) is 18.2. The van der Waals surface area contributed by atoms with Crippen molar-refractivity contribution in [3.8, 4) is 0 Å². The highest BCUT2D eigenvalue weighted by molar-refractivity contribution is 5.79. The zero-order chi connectivity index (χ0) is 49.8. The number of hydrogen-bond donors (Lipinski definition) is 1. The summed E-state index contributed by atoms with van der Waals surface area (Å²) < 4.78 is 35.1. The SMILES string of the molecule is CC(C)(C)OC(=O)CN(CC(=O)OC(C)(C)C)C1(CCNC(=O)OC(C)(C)C)CN2CCN(C1)C(CC(=O)OCc1ccccc1)([C@H](CCC(=O)OCc1ccccc1)C(=O)OC(C)(C)C)C2. The van der Waals surface area contributed by atoms with Crippen LogP contribution < -0.4 is 5.32 Å². The lowest BCUT2D eigenvalue weighted by Gasteiger charge is -2.52. The topological polar surface area (TPSA) is 180 Å². The molecule has 5 rings (SSSR count). The molecule has 3 saturated heterocycles. The molecule has 0 radical (unpaired) electrons. The molecule has 0 spiro atoms. The summed E-state index contributed by atoms with van der Waals surface area (Å²) in [5.41, 5.74) is -4.33. The van der Waals surface area contributed by atoms with Crippen molar-refractivity contribution in [3.05, 3.63) is 71.8 Å². The van der Waals surface area contributed by atoms with Crippen molar-refractivity contribution in [1.82, 2.24) is 20.0 Å². The second kappa shape index (κ2) is 22.8. The number of hydrogen-bond acceptors (Lipinski definition) is 15. The minimum atomic E-state index is -1.35. The molecule has 1 N–H and O–H groups in total. The summed E-state index contributed by atoms with van der Waals surface area (Å²) in [5.74, 6) is -3.97. The maximum Gasteiger partial charge on any atom is 0.407 e. The second-order valence-electron chi connectivity index (χ2n) is 21.8. The van der Waals surface area contributed by atoms with Crippen molar-refractivity contribution >= 4 is 35.9 Å². The lowest BCUT2D eigenvalue weighted by atomic mass is 9.75. The van der Waals surface area contributed by atoms with E-state index in [2.05, 4.69) is 15.1 Å². The van der Waals surface area contributed by atoms with E-state index in [9.17, 15) is 28.8 Å². The molecule has 16 nitrogen and oxygen atoms in total. The van der Waals surface area contributed by atoms with E-state index in [4.69, 9.17) is 28.4 Å². The van der Waals surface area contributed by atoms with E-state index in [0.29, 0.717) is 13.1 Å². The molecule has 2 aromatic rings. The van der Waals surface area contributed by atoms with Gasteiger partial charge in [0.25, 0.3) is 0 Å². The quantitative estimate of drug-likeness (QED) is 0.117. The molecule has 16 heteroatoms. The van der Waals surface area contributed by atoms with Crippen LogP contribution in [0.15, 0.2) is 60.7 Å². The fourth-order valence-corrected chi connectivity index (χ4v) is 8.63. The molecule has 2 aromatic carbocycles. The maximum absolute atomic E-state index is 14.9. The number of fused-ring (bicyclic) bond motifs is 4. The molecule has 67 heavy (non-hydrogen) atoms. The first-order valence-corrected chi connectivity index (χ1v) is 23.3. The average molecular weight is 937 g/mol. The Hall–Kier alpha value is -5.06. The number of carbonyl (C=O) groups is 6. The molecule has 372 valence electrons. The van der Waals surface area contributed by atoms with Crippen LogP contribution in [0.3, 0.4) is 0 Å². The second-order valence-corrected chi connectivity index (χ2v) is 21.8. The molecule has 4 unspecified atom stereocenters. The number of alkyl carbamates (subject to hydrolysis) is 1. The van der Waals surface area contributed by atoms with Gasteiger partial charge in [0.1, 0.15) is 35.6 Å². The molecule has 3 heterocycles. The average Bonchev–Trinajstić information content (AvgIpc) is 3.44. The van der Waals surface area contributed by atoms with Gasteiger partial charge in [-0.1, -0.05) is 60.7 Å². The number of amides is 1. The molecular formula is C51H76N4O12. The molecule has 3 aliphatic heterocycles. The predicted octanol–water partition coefficient (Wildman–Crippen LogP) is 6.61. The van der Waals surface area contributed by atoms with Gasteiger partial charge < -0.3 is 33.7 Å². The number of benzene rings is 2. The van der Waals surface area contributed by atoms with E-state index in [0.717, 1.165) is 11.1 Å². The van der Waals surface area contributed by atoms with Crippen LogP contribution in [0.1, 0.15) is 120 Å². The Morgan fingerprint density at radius 2 is 1.10 bits per heavy atom. The Morgan fingerprint density at radius 3 is 1.60 bits per heavy atom. The lowest BCUT2D eigenvalue weighted by molar-refractivity contribution is -0.172. The summed E-state index contributed by atoms with van der Waals surface area (Å²) in [6.45, 7) is 21.8. The van der Waals surface area contributed by atoms with Crippen LogP contribution in [0.2, 0.25) is 0 Å². The molecule has 5 atom stereocenters. The van der Waals surface area contributed by atoms with Crippen molar-refractivity contribution < 1.29 is 57.2 Å². The largest absolute Gasteiger partial charge is 0.461 e. The van der Waals surface area contributed by atoms with Crippen LogP contribution in [-0.2, 0) is 65.6 Å². The lowest BCUT2D eigenvalue weighted by Crippen LogP contribution is -2.67. The highest BCUT2D eigenvalue weighted by Gasteiger charge is 2.58. The van der Waals surface area contributed by atoms with Crippen molar-refractivity contribution in [2.45, 2.75) is 155 Å². The van der Waals surface area contributed by atoms with Gasteiger partial charge in [0.15, 0.2) is 0 Å². The van der Waals surface area contributed by atoms with Gasteiger partial charge in [-0.3, -0.25) is 38.7 Å². The number of piperazine rings is 1. The number of ether oxygens (including phenoxy) is 6. The summed E-state index contributed by atoms with van der Waals surface area (Å²) in [6.07, 6.45) is -0.942. The van der Waals surface area contributed by atoms with E-state index >= 15 is 0 Å². The van der Waals surface area contributed by atoms with Gasteiger partial charge in [0, 0.05) is 51.2 Å². The van der Waals surface area contributed by atoms with E-state index in [1.54, 1.807) is 88.0 Å². The first-order valence-electron chi connectivity index (χ1n) is 23.3. The van der Waals surface area contributed by atoms with Gasteiger partial charge in [0.2, 0.25) is 0 Å². The van der Waals surface area contributed by atoms with Crippen molar-refractivity contribution in [1.29, 1.82) is 0 Å². The summed E-state index contributed by atoms with van der Waals surface area (Å²) in [6, 6.07) is 18.5.